The number of carbonyl (C=O) groups is 1. The van der Waals surface area contributed by atoms with E-state index in [1.807, 2.05) is 29.1 Å². The van der Waals surface area contributed by atoms with E-state index < -0.39 is 17.7 Å². The second kappa shape index (κ2) is 8.39. The fourth-order valence-corrected chi connectivity index (χ4v) is 2.62. The molecule has 150 valence electrons. The Bertz CT molecular complexity index is 1160. The lowest BCUT2D eigenvalue weighted by atomic mass is 10.3. The molecular weight excluding hydrogens is 392 g/mol. The molecule has 0 saturated heterocycles. The van der Waals surface area contributed by atoms with E-state index in [2.05, 4.69) is 20.6 Å². The van der Waals surface area contributed by atoms with Crippen LogP contribution >= 0.6 is 0 Å². The highest BCUT2D eigenvalue weighted by molar-refractivity contribution is 5.99. The van der Waals surface area contributed by atoms with Crippen LogP contribution in [0.5, 0.6) is 11.6 Å². The van der Waals surface area contributed by atoms with E-state index in [0.29, 0.717) is 23.1 Å². The summed E-state index contributed by atoms with van der Waals surface area (Å²) in [5.41, 5.74) is 0.182. The van der Waals surface area contributed by atoms with E-state index in [1.54, 1.807) is 30.3 Å². The van der Waals surface area contributed by atoms with Crippen molar-refractivity contribution in [2.45, 2.75) is 0 Å². The highest BCUT2D eigenvalue weighted by Gasteiger charge is 2.09. The van der Waals surface area contributed by atoms with Gasteiger partial charge in [0, 0.05) is 30.2 Å². The van der Waals surface area contributed by atoms with Gasteiger partial charge in [0.2, 0.25) is 5.88 Å². The van der Waals surface area contributed by atoms with Gasteiger partial charge < -0.3 is 19.9 Å². The van der Waals surface area contributed by atoms with Gasteiger partial charge in [-0.15, -0.1) is 0 Å². The number of rotatable bonds is 5. The van der Waals surface area contributed by atoms with Gasteiger partial charge in [-0.05, 0) is 48.5 Å². The maximum atomic E-state index is 13.6. The number of ether oxygens (including phenoxy) is 1. The zero-order valence-corrected chi connectivity index (χ0v) is 15.4. The standard InChI is InChI=1S/C21H15F2N5O2/c22-14-3-8-17(23)18(11-14)27-21(29)26-15-4-6-16(7-5-15)30-20-12-19(24-13-25-20)28-9-1-2-10-28/h1-13H,(H2,26,27,29). The topological polar surface area (TPSA) is 81.1 Å². The predicted octanol–water partition coefficient (Wildman–Crippen LogP) is 4.98. The van der Waals surface area contributed by atoms with Crippen LogP contribution in [-0.2, 0) is 0 Å². The van der Waals surface area contributed by atoms with Gasteiger partial charge >= 0.3 is 6.03 Å². The van der Waals surface area contributed by atoms with Gasteiger partial charge in [-0.3, -0.25) is 0 Å². The van der Waals surface area contributed by atoms with Crippen LogP contribution in [0.25, 0.3) is 5.82 Å². The molecule has 0 fully saturated rings. The van der Waals surface area contributed by atoms with E-state index in [-0.39, 0.29) is 5.69 Å². The maximum absolute atomic E-state index is 13.6. The Labute approximate surface area is 170 Å². The third-order valence-electron chi connectivity index (χ3n) is 4.01. The summed E-state index contributed by atoms with van der Waals surface area (Å²) in [5.74, 6) is 0.116. The van der Waals surface area contributed by atoms with Gasteiger partial charge in [0.25, 0.3) is 0 Å². The third kappa shape index (κ3) is 4.58. The number of amides is 2. The Hall–Kier alpha value is -4.27. The first kappa shape index (κ1) is 19.1. The molecule has 2 aromatic heterocycles. The number of nitrogens with zero attached hydrogens (tertiary/aromatic N) is 3. The highest BCUT2D eigenvalue weighted by atomic mass is 19.1. The van der Waals surface area contributed by atoms with Crippen molar-refractivity contribution in [2.75, 3.05) is 10.6 Å². The largest absolute Gasteiger partial charge is 0.439 e. The van der Waals surface area contributed by atoms with Crippen LogP contribution < -0.4 is 15.4 Å². The van der Waals surface area contributed by atoms with Crippen LogP contribution in [-0.4, -0.2) is 20.6 Å². The Kier molecular flexibility index (Phi) is 5.33. The molecule has 4 rings (SSSR count). The number of halogens is 2. The van der Waals surface area contributed by atoms with Crippen molar-refractivity contribution in [2.24, 2.45) is 0 Å². The van der Waals surface area contributed by atoms with Gasteiger partial charge in [0.15, 0.2) is 0 Å². The van der Waals surface area contributed by atoms with E-state index in [1.165, 1.54) is 6.33 Å². The van der Waals surface area contributed by atoms with Crippen LogP contribution in [0, 0.1) is 11.6 Å². The van der Waals surface area contributed by atoms with Crippen LogP contribution in [0.4, 0.5) is 25.0 Å². The minimum absolute atomic E-state index is 0.255. The summed E-state index contributed by atoms with van der Waals surface area (Å²) in [5, 5.41) is 4.79. The molecule has 0 aliphatic rings. The molecule has 9 heteroatoms. The molecule has 0 spiro atoms. The molecule has 7 nitrogen and oxygen atoms in total. The molecule has 2 aromatic carbocycles. The second-order valence-corrected chi connectivity index (χ2v) is 6.13. The van der Waals surface area contributed by atoms with Crippen molar-refractivity contribution in [3.05, 3.63) is 91.0 Å². The van der Waals surface area contributed by atoms with Gasteiger partial charge in [-0.1, -0.05) is 0 Å². The smallest absolute Gasteiger partial charge is 0.323 e. The summed E-state index contributed by atoms with van der Waals surface area (Å²) in [6.07, 6.45) is 5.11. The number of nitrogens with one attached hydrogen (secondary N) is 2. The van der Waals surface area contributed by atoms with Gasteiger partial charge in [-0.2, -0.15) is 0 Å². The summed E-state index contributed by atoms with van der Waals surface area (Å²) >= 11 is 0. The fourth-order valence-electron chi connectivity index (χ4n) is 2.62. The number of anilines is 2. The molecule has 0 aliphatic carbocycles. The average molecular weight is 407 g/mol. The van der Waals surface area contributed by atoms with E-state index >= 15 is 0 Å². The lowest BCUT2D eigenvalue weighted by Gasteiger charge is -2.10. The molecule has 4 aromatic rings. The Balaban J connectivity index is 1.39. The Morgan fingerprint density at radius 1 is 0.933 bits per heavy atom. The van der Waals surface area contributed by atoms with Gasteiger partial charge in [0.05, 0.1) is 5.69 Å². The van der Waals surface area contributed by atoms with Gasteiger partial charge in [0.1, 0.15) is 29.5 Å². The summed E-state index contributed by atoms with van der Waals surface area (Å²) in [4.78, 5) is 20.3. The lowest BCUT2D eigenvalue weighted by molar-refractivity contribution is 0.262. The van der Waals surface area contributed by atoms with Crippen LogP contribution in [0.15, 0.2) is 79.4 Å². The highest BCUT2D eigenvalue weighted by Crippen LogP contribution is 2.23. The van der Waals surface area contributed by atoms with Crippen LogP contribution in [0.2, 0.25) is 0 Å². The molecule has 0 radical (unpaired) electrons. The third-order valence-corrected chi connectivity index (χ3v) is 4.01. The number of urea groups is 1. The predicted molar refractivity (Wildman–Crippen MR) is 107 cm³/mol. The maximum Gasteiger partial charge on any atom is 0.323 e. The van der Waals surface area contributed by atoms with Crippen molar-refractivity contribution in [1.29, 1.82) is 0 Å². The number of aromatic nitrogens is 3. The minimum atomic E-state index is -0.737. The molecule has 2 amide bonds. The first-order valence-electron chi connectivity index (χ1n) is 8.83. The van der Waals surface area contributed by atoms with Crippen molar-refractivity contribution in [3.63, 3.8) is 0 Å². The van der Waals surface area contributed by atoms with E-state index in [9.17, 15) is 13.6 Å². The number of hydrogen-bond acceptors (Lipinski definition) is 4. The SMILES string of the molecule is O=C(Nc1ccc(Oc2cc(-n3cccc3)ncn2)cc1)Nc1cc(F)ccc1F. The second-order valence-electron chi connectivity index (χ2n) is 6.13. The Morgan fingerprint density at radius 2 is 1.70 bits per heavy atom. The lowest BCUT2D eigenvalue weighted by Crippen LogP contribution is -2.20. The summed E-state index contributed by atoms with van der Waals surface area (Å²) < 4.78 is 34.3. The zero-order chi connectivity index (χ0) is 20.9. The summed E-state index contributed by atoms with van der Waals surface area (Å²) in [6.45, 7) is 0. The Morgan fingerprint density at radius 3 is 2.47 bits per heavy atom. The average Bonchev–Trinajstić information content (AvgIpc) is 3.27. The fraction of sp³-hybridized carbons (Fsp3) is 0. The molecule has 30 heavy (non-hydrogen) atoms. The van der Waals surface area contributed by atoms with Crippen LogP contribution in [0.3, 0.4) is 0 Å². The summed E-state index contributed by atoms with van der Waals surface area (Å²) in [6, 6.07) is 14.0. The molecule has 0 aliphatic heterocycles. The first-order valence-corrected chi connectivity index (χ1v) is 8.83. The molecule has 0 saturated carbocycles. The molecule has 2 heterocycles. The summed E-state index contributed by atoms with van der Waals surface area (Å²) in [7, 11) is 0. The van der Waals surface area contributed by atoms with Crippen molar-refractivity contribution in [3.8, 4) is 17.4 Å². The molecular formula is C21H15F2N5O2. The van der Waals surface area contributed by atoms with Crippen molar-refractivity contribution < 1.29 is 18.3 Å². The monoisotopic (exact) mass is 407 g/mol. The molecule has 2 N–H and O–H groups in total. The van der Waals surface area contributed by atoms with Gasteiger partial charge in [-0.25, -0.2) is 23.5 Å². The number of hydrogen-bond donors (Lipinski definition) is 2. The molecule has 0 bridgehead atoms. The van der Waals surface area contributed by atoms with Crippen LogP contribution in [0.1, 0.15) is 0 Å². The molecule has 0 unspecified atom stereocenters. The zero-order valence-electron chi connectivity index (χ0n) is 15.4. The quantitative estimate of drug-likeness (QED) is 0.489. The molecule has 0 atom stereocenters. The first-order chi connectivity index (χ1) is 14.6. The van der Waals surface area contributed by atoms with Crippen molar-refractivity contribution >= 4 is 17.4 Å². The number of benzene rings is 2. The van der Waals surface area contributed by atoms with E-state index in [0.717, 1.165) is 18.2 Å². The minimum Gasteiger partial charge on any atom is -0.439 e. The number of carbonyl (C=O) groups excluding carboxylic acids is 1. The van der Waals surface area contributed by atoms with Crippen molar-refractivity contribution in [1.82, 2.24) is 14.5 Å². The normalized spacial score (nSPS) is 10.5. The van der Waals surface area contributed by atoms with E-state index in [4.69, 9.17) is 4.74 Å².